The molecular formula is C19H15F3N8O2. The van der Waals surface area contributed by atoms with Gasteiger partial charge < -0.3 is 20.6 Å². The number of nitrogens with two attached hydrogens (primary N) is 1. The molecule has 0 aliphatic heterocycles. The molecule has 2 amide bonds. The topological polar surface area (TPSA) is 144 Å². The van der Waals surface area contributed by atoms with Crippen LogP contribution < -0.4 is 11.1 Å². The number of aromatic amines is 1. The predicted octanol–water partition coefficient (Wildman–Crippen LogP) is 1.82. The van der Waals surface area contributed by atoms with Gasteiger partial charge in [0.25, 0.3) is 0 Å². The number of nitrogens with zero attached hydrogens (tertiary/aromatic N) is 5. The average molecular weight is 444 g/mol. The number of halogens is 3. The third kappa shape index (κ3) is 4.40. The lowest BCUT2D eigenvalue weighted by atomic mass is 10.1. The molecule has 4 aromatic rings. The molecule has 0 aliphatic carbocycles. The van der Waals surface area contributed by atoms with E-state index in [4.69, 9.17) is 5.73 Å². The normalized spacial score (nSPS) is 12.6. The van der Waals surface area contributed by atoms with Gasteiger partial charge in [0.2, 0.25) is 11.8 Å². The zero-order valence-corrected chi connectivity index (χ0v) is 16.2. The third-order valence-corrected chi connectivity index (χ3v) is 4.45. The number of hydrogen-bond donors (Lipinski definition) is 3. The minimum absolute atomic E-state index is 0.0197. The molecule has 3 aromatic heterocycles. The number of nitrogens with one attached hydrogen (secondary N) is 2. The molecule has 1 aromatic carbocycles. The Morgan fingerprint density at radius 3 is 2.69 bits per heavy atom. The van der Waals surface area contributed by atoms with Crippen molar-refractivity contribution in [2.75, 3.05) is 5.32 Å². The van der Waals surface area contributed by atoms with Gasteiger partial charge in [-0.25, -0.2) is 19.9 Å². The highest BCUT2D eigenvalue weighted by Crippen LogP contribution is 2.29. The molecule has 0 radical (unpaired) electrons. The number of alkyl halides is 3. The fraction of sp³-hybridized carbons (Fsp3) is 0.158. The smallest absolute Gasteiger partial charge is 0.369 e. The minimum atomic E-state index is -4.71. The largest absolute Gasteiger partial charge is 0.433 e. The molecular weight excluding hydrogens is 429 g/mol. The Bertz CT molecular complexity index is 1280. The molecule has 0 saturated heterocycles. The standard InChI is InChI=1S/C19H15F3N8O2/c20-19(21,22)13-3-4-25-17(29-13)15(16(23)32)18-27-11-2-1-10(7-12(11)28-18)26-14(31)8-30-6-5-24-9-30/h1-7,9,15H,8H2,(H2,23,32)(H,26,31)(H,27,28). The first kappa shape index (κ1) is 21.0. The van der Waals surface area contributed by atoms with E-state index in [1.165, 1.54) is 6.33 Å². The SMILES string of the molecule is NC(=O)C(c1nccc(C(F)(F)F)n1)c1nc2ccc(NC(=O)Cn3ccnc3)cc2[nH]1. The van der Waals surface area contributed by atoms with E-state index in [0.717, 1.165) is 6.20 Å². The number of hydrogen-bond acceptors (Lipinski definition) is 6. The summed E-state index contributed by atoms with van der Waals surface area (Å²) < 4.78 is 40.6. The van der Waals surface area contributed by atoms with Crippen LogP contribution in [0.2, 0.25) is 0 Å². The van der Waals surface area contributed by atoms with E-state index in [2.05, 4.69) is 30.2 Å². The summed E-state index contributed by atoms with van der Waals surface area (Å²) in [6.45, 7) is 0.0584. The number of benzene rings is 1. The minimum Gasteiger partial charge on any atom is -0.369 e. The highest BCUT2D eigenvalue weighted by molar-refractivity contribution is 5.93. The Morgan fingerprint density at radius 1 is 1.19 bits per heavy atom. The summed E-state index contributed by atoms with van der Waals surface area (Å²) in [6, 6.07) is 5.44. The highest BCUT2D eigenvalue weighted by atomic mass is 19.4. The molecule has 3 heterocycles. The van der Waals surface area contributed by atoms with Gasteiger partial charge in [-0.1, -0.05) is 0 Å². The van der Waals surface area contributed by atoms with Crippen LogP contribution in [0.4, 0.5) is 18.9 Å². The van der Waals surface area contributed by atoms with Crippen LogP contribution in [0.1, 0.15) is 23.3 Å². The van der Waals surface area contributed by atoms with Crippen LogP contribution in [0.5, 0.6) is 0 Å². The first-order valence-corrected chi connectivity index (χ1v) is 9.15. The van der Waals surface area contributed by atoms with E-state index in [0.29, 0.717) is 22.8 Å². The second-order valence-electron chi connectivity index (χ2n) is 6.77. The quantitative estimate of drug-likeness (QED) is 0.414. The Balaban J connectivity index is 1.62. The van der Waals surface area contributed by atoms with E-state index in [1.54, 1.807) is 35.2 Å². The number of imidazole rings is 2. The van der Waals surface area contributed by atoms with Crippen molar-refractivity contribution in [3.8, 4) is 0 Å². The van der Waals surface area contributed by atoms with E-state index < -0.39 is 29.5 Å². The number of carbonyl (C=O) groups is 2. The Labute approximate surface area is 177 Å². The van der Waals surface area contributed by atoms with Crippen molar-refractivity contribution in [1.29, 1.82) is 0 Å². The van der Waals surface area contributed by atoms with E-state index in [-0.39, 0.29) is 18.3 Å². The van der Waals surface area contributed by atoms with Crippen molar-refractivity contribution >= 4 is 28.5 Å². The Morgan fingerprint density at radius 2 is 2.00 bits per heavy atom. The third-order valence-electron chi connectivity index (χ3n) is 4.45. The molecule has 0 bridgehead atoms. The lowest BCUT2D eigenvalue weighted by Gasteiger charge is -2.11. The van der Waals surface area contributed by atoms with Crippen molar-refractivity contribution in [1.82, 2.24) is 29.5 Å². The maximum atomic E-state index is 13.0. The maximum absolute atomic E-state index is 13.0. The second kappa shape index (κ2) is 8.09. The molecule has 1 unspecified atom stereocenters. The Kier molecular flexibility index (Phi) is 5.30. The number of anilines is 1. The van der Waals surface area contributed by atoms with Gasteiger partial charge in [-0.2, -0.15) is 13.2 Å². The number of carbonyl (C=O) groups excluding carboxylic acids is 2. The predicted molar refractivity (Wildman–Crippen MR) is 105 cm³/mol. The molecule has 13 heteroatoms. The molecule has 32 heavy (non-hydrogen) atoms. The molecule has 4 N–H and O–H groups in total. The van der Waals surface area contributed by atoms with Crippen LogP contribution in [-0.4, -0.2) is 41.3 Å². The molecule has 4 rings (SSSR count). The van der Waals surface area contributed by atoms with Gasteiger partial charge in [0, 0.05) is 24.3 Å². The molecule has 10 nitrogen and oxygen atoms in total. The van der Waals surface area contributed by atoms with Crippen LogP contribution in [0, 0.1) is 0 Å². The van der Waals surface area contributed by atoms with Crippen LogP contribution in [0.25, 0.3) is 11.0 Å². The van der Waals surface area contributed by atoms with Gasteiger partial charge in [0.05, 0.1) is 17.4 Å². The summed E-state index contributed by atoms with van der Waals surface area (Å²) in [6.07, 6.45) is 0.886. The summed E-state index contributed by atoms with van der Waals surface area (Å²) >= 11 is 0. The van der Waals surface area contributed by atoms with Crippen LogP contribution in [-0.2, 0) is 22.3 Å². The molecule has 0 spiro atoms. The van der Waals surface area contributed by atoms with E-state index >= 15 is 0 Å². The highest BCUT2D eigenvalue weighted by Gasteiger charge is 2.35. The van der Waals surface area contributed by atoms with Crippen LogP contribution in [0.15, 0.2) is 49.2 Å². The van der Waals surface area contributed by atoms with Crippen molar-refractivity contribution in [3.05, 3.63) is 66.5 Å². The fourth-order valence-electron chi connectivity index (χ4n) is 3.05. The number of primary amides is 1. The Hall–Kier alpha value is -4.29. The number of amides is 2. The fourth-order valence-corrected chi connectivity index (χ4v) is 3.05. The van der Waals surface area contributed by atoms with Gasteiger partial charge in [0.1, 0.15) is 23.9 Å². The van der Waals surface area contributed by atoms with Crippen molar-refractivity contribution in [2.24, 2.45) is 5.73 Å². The van der Waals surface area contributed by atoms with E-state index in [9.17, 15) is 22.8 Å². The first-order chi connectivity index (χ1) is 15.2. The molecule has 0 aliphatic rings. The molecule has 1 atom stereocenters. The van der Waals surface area contributed by atoms with Gasteiger partial charge in [0.15, 0.2) is 5.92 Å². The molecule has 0 fully saturated rings. The summed E-state index contributed by atoms with van der Waals surface area (Å²) in [5.74, 6) is -3.15. The number of aromatic nitrogens is 6. The second-order valence-corrected chi connectivity index (χ2v) is 6.77. The maximum Gasteiger partial charge on any atom is 0.433 e. The van der Waals surface area contributed by atoms with E-state index in [1.807, 2.05) is 0 Å². The van der Waals surface area contributed by atoms with Crippen molar-refractivity contribution in [3.63, 3.8) is 0 Å². The van der Waals surface area contributed by atoms with Crippen molar-refractivity contribution < 1.29 is 22.8 Å². The zero-order chi connectivity index (χ0) is 22.9. The summed E-state index contributed by atoms with van der Waals surface area (Å²) in [5.41, 5.74) is 5.50. The van der Waals surface area contributed by atoms with Gasteiger partial charge >= 0.3 is 6.18 Å². The summed E-state index contributed by atoms with van der Waals surface area (Å²) in [5, 5.41) is 2.71. The van der Waals surface area contributed by atoms with Crippen LogP contribution >= 0.6 is 0 Å². The summed E-state index contributed by atoms with van der Waals surface area (Å²) in [4.78, 5) is 42.4. The van der Waals surface area contributed by atoms with Gasteiger partial charge in [-0.3, -0.25) is 9.59 Å². The number of fused-ring (bicyclic) bond motifs is 1. The average Bonchev–Trinajstić information content (AvgIpc) is 3.36. The number of H-pyrrole nitrogens is 1. The zero-order valence-electron chi connectivity index (χ0n) is 16.2. The lowest BCUT2D eigenvalue weighted by Crippen LogP contribution is -2.26. The number of rotatable bonds is 6. The molecule has 0 saturated carbocycles. The monoisotopic (exact) mass is 444 g/mol. The lowest BCUT2D eigenvalue weighted by molar-refractivity contribution is -0.141. The van der Waals surface area contributed by atoms with Gasteiger partial charge in [-0.05, 0) is 24.3 Å². The van der Waals surface area contributed by atoms with Gasteiger partial charge in [-0.15, -0.1) is 0 Å². The van der Waals surface area contributed by atoms with Crippen LogP contribution in [0.3, 0.4) is 0 Å². The molecule has 164 valence electrons. The summed E-state index contributed by atoms with van der Waals surface area (Å²) in [7, 11) is 0. The first-order valence-electron chi connectivity index (χ1n) is 9.15. The van der Waals surface area contributed by atoms with Crippen molar-refractivity contribution in [2.45, 2.75) is 18.6 Å².